The molecule has 98 valence electrons. The standard InChI is InChI=1S/C14H18N2.C2H6/c1-11-6-4-5-7-13(11)8-9-14-10-16(3)15-12(14)2;1-2/h4-7,10H,8-9H2,1-3H3;1-2H3. The van der Waals surface area contributed by atoms with Crippen molar-refractivity contribution in [1.82, 2.24) is 9.78 Å². The van der Waals surface area contributed by atoms with Crippen LogP contribution in [0.25, 0.3) is 0 Å². The van der Waals surface area contributed by atoms with E-state index in [0.717, 1.165) is 18.5 Å². The topological polar surface area (TPSA) is 17.8 Å². The zero-order chi connectivity index (χ0) is 13.5. The van der Waals surface area contributed by atoms with Crippen molar-refractivity contribution in [3.05, 3.63) is 52.8 Å². The summed E-state index contributed by atoms with van der Waals surface area (Å²) in [5.74, 6) is 0. The first-order valence-corrected chi connectivity index (χ1v) is 6.70. The normalized spacial score (nSPS) is 9.83. The Bertz CT molecular complexity index is 484. The summed E-state index contributed by atoms with van der Waals surface area (Å²) < 4.78 is 1.89. The molecule has 2 heteroatoms. The molecule has 0 aliphatic heterocycles. The Kier molecular flexibility index (Phi) is 5.63. The summed E-state index contributed by atoms with van der Waals surface area (Å²) in [4.78, 5) is 0. The highest BCUT2D eigenvalue weighted by atomic mass is 15.2. The Balaban J connectivity index is 0.000000771. The van der Waals surface area contributed by atoms with E-state index in [1.165, 1.54) is 16.7 Å². The summed E-state index contributed by atoms with van der Waals surface area (Å²) in [6, 6.07) is 8.58. The molecule has 0 fully saturated rings. The van der Waals surface area contributed by atoms with Crippen LogP contribution in [0.4, 0.5) is 0 Å². The molecule has 2 aromatic rings. The smallest absolute Gasteiger partial charge is 0.0625 e. The van der Waals surface area contributed by atoms with Gasteiger partial charge in [0.2, 0.25) is 0 Å². The van der Waals surface area contributed by atoms with Crippen LogP contribution in [0.1, 0.15) is 36.2 Å². The largest absolute Gasteiger partial charge is 0.275 e. The average molecular weight is 244 g/mol. The molecule has 2 nitrogen and oxygen atoms in total. The number of hydrogen-bond acceptors (Lipinski definition) is 1. The Labute approximate surface area is 111 Å². The third-order valence-electron chi connectivity index (χ3n) is 3.04. The predicted molar refractivity (Wildman–Crippen MR) is 77.9 cm³/mol. The van der Waals surface area contributed by atoms with E-state index in [4.69, 9.17) is 0 Å². The number of rotatable bonds is 3. The fourth-order valence-corrected chi connectivity index (χ4v) is 2.05. The lowest BCUT2D eigenvalue weighted by Gasteiger charge is -2.04. The summed E-state index contributed by atoms with van der Waals surface area (Å²) in [7, 11) is 1.98. The monoisotopic (exact) mass is 244 g/mol. The lowest BCUT2D eigenvalue weighted by molar-refractivity contribution is 0.756. The van der Waals surface area contributed by atoms with Crippen molar-refractivity contribution in [2.45, 2.75) is 40.5 Å². The van der Waals surface area contributed by atoms with E-state index in [0.29, 0.717) is 0 Å². The number of nitrogens with zero attached hydrogens (tertiary/aromatic N) is 2. The van der Waals surface area contributed by atoms with Crippen molar-refractivity contribution in [2.24, 2.45) is 7.05 Å². The summed E-state index contributed by atoms with van der Waals surface area (Å²) in [5, 5.41) is 4.36. The molecule has 1 heterocycles. The zero-order valence-corrected chi connectivity index (χ0v) is 12.2. The maximum absolute atomic E-state index is 4.36. The van der Waals surface area contributed by atoms with E-state index < -0.39 is 0 Å². The Hall–Kier alpha value is -1.57. The molecule has 0 aliphatic rings. The van der Waals surface area contributed by atoms with Crippen LogP contribution in [0, 0.1) is 13.8 Å². The van der Waals surface area contributed by atoms with E-state index in [1.54, 1.807) is 0 Å². The van der Waals surface area contributed by atoms with E-state index in [1.807, 2.05) is 25.6 Å². The van der Waals surface area contributed by atoms with Gasteiger partial charge in [0.1, 0.15) is 0 Å². The fraction of sp³-hybridized carbons (Fsp3) is 0.438. The van der Waals surface area contributed by atoms with Gasteiger partial charge in [0.05, 0.1) is 5.69 Å². The second-order valence-corrected chi connectivity index (χ2v) is 4.34. The fourth-order valence-electron chi connectivity index (χ4n) is 2.05. The van der Waals surface area contributed by atoms with Gasteiger partial charge in [-0.25, -0.2) is 0 Å². The van der Waals surface area contributed by atoms with Crippen LogP contribution >= 0.6 is 0 Å². The van der Waals surface area contributed by atoms with Crippen LogP contribution in [0.2, 0.25) is 0 Å². The SMILES string of the molecule is CC.Cc1ccccc1CCc1cn(C)nc1C. The number of hydrogen-bond donors (Lipinski definition) is 0. The van der Waals surface area contributed by atoms with Gasteiger partial charge in [-0.2, -0.15) is 5.10 Å². The van der Waals surface area contributed by atoms with Gasteiger partial charge in [0.25, 0.3) is 0 Å². The van der Waals surface area contributed by atoms with Crippen molar-refractivity contribution in [2.75, 3.05) is 0 Å². The van der Waals surface area contributed by atoms with Crippen molar-refractivity contribution in [1.29, 1.82) is 0 Å². The molecular formula is C16H24N2. The summed E-state index contributed by atoms with van der Waals surface area (Å²) in [5.41, 5.74) is 5.32. The van der Waals surface area contributed by atoms with Crippen LogP contribution in [0.15, 0.2) is 30.5 Å². The Morgan fingerprint density at radius 2 is 1.61 bits per heavy atom. The van der Waals surface area contributed by atoms with Crippen molar-refractivity contribution in [3.63, 3.8) is 0 Å². The number of aryl methyl sites for hydroxylation is 5. The minimum atomic E-state index is 1.07. The lowest BCUT2D eigenvalue weighted by Crippen LogP contribution is -1.94. The second kappa shape index (κ2) is 7.00. The molecule has 18 heavy (non-hydrogen) atoms. The predicted octanol–water partition coefficient (Wildman–Crippen LogP) is 3.85. The molecule has 0 saturated heterocycles. The zero-order valence-electron chi connectivity index (χ0n) is 12.2. The number of aromatic nitrogens is 2. The molecule has 0 spiro atoms. The van der Waals surface area contributed by atoms with E-state index in [-0.39, 0.29) is 0 Å². The van der Waals surface area contributed by atoms with Gasteiger partial charge in [-0.05, 0) is 43.4 Å². The molecular weight excluding hydrogens is 220 g/mol. The third kappa shape index (κ3) is 3.73. The van der Waals surface area contributed by atoms with Gasteiger partial charge in [0.15, 0.2) is 0 Å². The van der Waals surface area contributed by atoms with Crippen LogP contribution in [-0.2, 0) is 19.9 Å². The molecule has 2 rings (SSSR count). The van der Waals surface area contributed by atoms with Crippen LogP contribution in [0.3, 0.4) is 0 Å². The minimum Gasteiger partial charge on any atom is -0.275 e. The lowest BCUT2D eigenvalue weighted by atomic mass is 10.0. The summed E-state index contributed by atoms with van der Waals surface area (Å²) >= 11 is 0. The molecule has 0 atom stereocenters. The van der Waals surface area contributed by atoms with Gasteiger partial charge in [0, 0.05) is 13.2 Å². The van der Waals surface area contributed by atoms with Crippen LogP contribution in [0.5, 0.6) is 0 Å². The van der Waals surface area contributed by atoms with Gasteiger partial charge < -0.3 is 0 Å². The molecule has 0 N–H and O–H groups in total. The maximum atomic E-state index is 4.36. The van der Waals surface area contributed by atoms with Gasteiger partial charge >= 0.3 is 0 Å². The highest BCUT2D eigenvalue weighted by molar-refractivity contribution is 5.27. The maximum Gasteiger partial charge on any atom is 0.0625 e. The first-order valence-electron chi connectivity index (χ1n) is 6.70. The van der Waals surface area contributed by atoms with E-state index >= 15 is 0 Å². The molecule has 0 unspecified atom stereocenters. The third-order valence-corrected chi connectivity index (χ3v) is 3.04. The van der Waals surface area contributed by atoms with Crippen LogP contribution < -0.4 is 0 Å². The number of benzene rings is 1. The van der Waals surface area contributed by atoms with Crippen molar-refractivity contribution >= 4 is 0 Å². The first kappa shape index (κ1) is 14.5. The van der Waals surface area contributed by atoms with Crippen LogP contribution in [-0.4, -0.2) is 9.78 Å². The molecule has 0 amide bonds. The van der Waals surface area contributed by atoms with Gasteiger partial charge in [-0.15, -0.1) is 0 Å². The Morgan fingerprint density at radius 1 is 1.00 bits per heavy atom. The minimum absolute atomic E-state index is 1.07. The molecule has 1 aromatic carbocycles. The summed E-state index contributed by atoms with van der Waals surface area (Å²) in [6.45, 7) is 8.25. The molecule has 0 aliphatic carbocycles. The molecule has 0 bridgehead atoms. The van der Waals surface area contributed by atoms with Gasteiger partial charge in [-0.3, -0.25) is 4.68 Å². The molecule has 1 aromatic heterocycles. The highest BCUT2D eigenvalue weighted by Crippen LogP contribution is 2.13. The molecule has 0 saturated carbocycles. The average Bonchev–Trinajstić information content (AvgIpc) is 2.69. The highest BCUT2D eigenvalue weighted by Gasteiger charge is 2.04. The van der Waals surface area contributed by atoms with E-state index in [2.05, 4.69) is 49.4 Å². The van der Waals surface area contributed by atoms with Gasteiger partial charge in [-0.1, -0.05) is 38.1 Å². The van der Waals surface area contributed by atoms with E-state index in [9.17, 15) is 0 Å². The molecule has 0 radical (unpaired) electrons. The van der Waals surface area contributed by atoms with Crippen molar-refractivity contribution < 1.29 is 0 Å². The first-order chi connectivity index (χ1) is 8.66. The summed E-state index contributed by atoms with van der Waals surface area (Å²) in [6.07, 6.45) is 4.29. The Morgan fingerprint density at radius 3 is 2.17 bits per heavy atom. The second-order valence-electron chi connectivity index (χ2n) is 4.34. The quantitative estimate of drug-likeness (QED) is 0.802. The van der Waals surface area contributed by atoms with Crippen molar-refractivity contribution in [3.8, 4) is 0 Å².